The second-order valence-corrected chi connectivity index (χ2v) is 3.01. The molecule has 1 aromatic rings. The molecule has 0 heterocycles. The highest BCUT2D eigenvalue weighted by molar-refractivity contribution is 5.88. The number of nitrogens with two attached hydrogens (primary N) is 1. The van der Waals surface area contributed by atoms with Gasteiger partial charge < -0.3 is 15.9 Å². The Balaban J connectivity index is 3.45. The Morgan fingerprint density at radius 1 is 1.38 bits per heavy atom. The van der Waals surface area contributed by atoms with Crippen molar-refractivity contribution in [2.24, 2.45) is 5.73 Å². The molecule has 7 heteroatoms. The van der Waals surface area contributed by atoms with E-state index in [9.17, 15) is 18.0 Å². The molecule has 0 radical (unpaired) electrons. The SMILES string of the molecule is NCC(O)c1cc(F)c(C(=O)O)c(F)c1F. The molecule has 0 aliphatic carbocycles. The summed E-state index contributed by atoms with van der Waals surface area (Å²) in [6, 6.07) is 0.416. The van der Waals surface area contributed by atoms with Crippen molar-refractivity contribution in [3.8, 4) is 0 Å². The van der Waals surface area contributed by atoms with E-state index >= 15 is 0 Å². The van der Waals surface area contributed by atoms with Crippen molar-refractivity contribution in [2.75, 3.05) is 6.54 Å². The zero-order valence-electron chi connectivity index (χ0n) is 7.88. The van der Waals surface area contributed by atoms with Crippen molar-refractivity contribution in [1.29, 1.82) is 0 Å². The van der Waals surface area contributed by atoms with Crippen LogP contribution in [0, 0.1) is 17.5 Å². The van der Waals surface area contributed by atoms with Gasteiger partial charge in [0.15, 0.2) is 11.6 Å². The van der Waals surface area contributed by atoms with Gasteiger partial charge in [0.05, 0.1) is 6.10 Å². The van der Waals surface area contributed by atoms with Crippen LogP contribution in [0.4, 0.5) is 13.2 Å². The Hall–Kier alpha value is -1.60. The first-order valence-electron chi connectivity index (χ1n) is 4.19. The fourth-order valence-electron chi connectivity index (χ4n) is 1.18. The first kappa shape index (κ1) is 12.5. The molecule has 88 valence electrons. The quantitative estimate of drug-likeness (QED) is 0.676. The normalized spacial score (nSPS) is 12.6. The van der Waals surface area contributed by atoms with E-state index < -0.39 is 47.2 Å². The van der Waals surface area contributed by atoms with Gasteiger partial charge in [-0.15, -0.1) is 0 Å². The molecule has 16 heavy (non-hydrogen) atoms. The largest absolute Gasteiger partial charge is 0.477 e. The Morgan fingerprint density at radius 3 is 2.38 bits per heavy atom. The van der Waals surface area contributed by atoms with Gasteiger partial charge in [-0.25, -0.2) is 18.0 Å². The summed E-state index contributed by atoms with van der Waals surface area (Å²) in [5, 5.41) is 17.6. The maximum atomic E-state index is 13.2. The van der Waals surface area contributed by atoms with Crippen LogP contribution in [0.15, 0.2) is 6.07 Å². The Kier molecular flexibility index (Phi) is 3.51. The molecule has 0 spiro atoms. The van der Waals surface area contributed by atoms with Crippen LogP contribution in [0.5, 0.6) is 0 Å². The van der Waals surface area contributed by atoms with E-state index in [4.69, 9.17) is 15.9 Å². The third kappa shape index (κ3) is 2.00. The Morgan fingerprint density at radius 2 is 1.94 bits per heavy atom. The maximum Gasteiger partial charge on any atom is 0.341 e. The molecule has 4 N–H and O–H groups in total. The van der Waals surface area contributed by atoms with Crippen molar-refractivity contribution < 1.29 is 28.2 Å². The number of benzene rings is 1. The van der Waals surface area contributed by atoms with E-state index in [-0.39, 0.29) is 0 Å². The zero-order chi connectivity index (χ0) is 12.5. The van der Waals surface area contributed by atoms with E-state index in [1.807, 2.05) is 0 Å². The average Bonchev–Trinajstić information content (AvgIpc) is 2.22. The van der Waals surface area contributed by atoms with Gasteiger partial charge in [0.1, 0.15) is 11.4 Å². The summed E-state index contributed by atoms with van der Waals surface area (Å²) in [4.78, 5) is 10.4. The number of carboxylic acids is 1. The first-order chi connectivity index (χ1) is 7.40. The molecule has 0 bridgehead atoms. The van der Waals surface area contributed by atoms with Gasteiger partial charge in [-0.1, -0.05) is 0 Å². The highest BCUT2D eigenvalue weighted by Crippen LogP contribution is 2.24. The summed E-state index contributed by atoms with van der Waals surface area (Å²) in [5.74, 6) is -6.86. The monoisotopic (exact) mass is 235 g/mol. The predicted molar refractivity (Wildman–Crippen MR) is 47.3 cm³/mol. The molecule has 0 aliphatic heterocycles. The van der Waals surface area contributed by atoms with E-state index in [2.05, 4.69) is 0 Å². The molecule has 0 aromatic heterocycles. The summed E-state index contributed by atoms with van der Waals surface area (Å²) in [5.41, 5.74) is 2.89. The van der Waals surface area contributed by atoms with Gasteiger partial charge in [0, 0.05) is 12.1 Å². The summed E-state index contributed by atoms with van der Waals surface area (Å²) < 4.78 is 39.4. The third-order valence-electron chi connectivity index (χ3n) is 1.98. The van der Waals surface area contributed by atoms with Gasteiger partial charge in [-0.3, -0.25) is 0 Å². The minimum Gasteiger partial charge on any atom is -0.477 e. The topological polar surface area (TPSA) is 83.5 Å². The average molecular weight is 235 g/mol. The number of halogens is 3. The molecular formula is C9H8F3NO3. The minimum atomic E-state index is -1.93. The summed E-state index contributed by atoms with van der Waals surface area (Å²) in [6.07, 6.45) is -1.59. The minimum absolute atomic E-state index is 0.416. The Labute approximate surface area is 88.1 Å². The van der Waals surface area contributed by atoms with E-state index in [1.165, 1.54) is 0 Å². The predicted octanol–water partition coefficient (Wildman–Crippen LogP) is 0.794. The number of hydrogen-bond donors (Lipinski definition) is 3. The number of rotatable bonds is 3. The summed E-state index contributed by atoms with van der Waals surface area (Å²) >= 11 is 0. The van der Waals surface area contributed by atoms with Crippen LogP contribution >= 0.6 is 0 Å². The van der Waals surface area contributed by atoms with Crippen molar-refractivity contribution in [3.63, 3.8) is 0 Å². The lowest BCUT2D eigenvalue weighted by Gasteiger charge is -2.11. The van der Waals surface area contributed by atoms with Crippen molar-refractivity contribution in [2.45, 2.75) is 6.10 Å². The molecule has 1 unspecified atom stereocenters. The van der Waals surface area contributed by atoms with Crippen molar-refractivity contribution >= 4 is 5.97 Å². The Bertz CT molecular complexity index is 436. The van der Waals surface area contributed by atoms with Gasteiger partial charge in [-0.2, -0.15) is 0 Å². The van der Waals surface area contributed by atoms with Gasteiger partial charge in [0.2, 0.25) is 0 Å². The smallest absolute Gasteiger partial charge is 0.341 e. The second kappa shape index (κ2) is 4.50. The van der Waals surface area contributed by atoms with Crippen molar-refractivity contribution in [1.82, 2.24) is 0 Å². The number of aromatic carboxylic acids is 1. The van der Waals surface area contributed by atoms with E-state index in [0.717, 1.165) is 0 Å². The lowest BCUT2D eigenvalue weighted by molar-refractivity contribution is 0.0684. The highest BCUT2D eigenvalue weighted by Gasteiger charge is 2.25. The van der Waals surface area contributed by atoms with Crippen LogP contribution in [-0.4, -0.2) is 22.7 Å². The number of hydrogen-bond acceptors (Lipinski definition) is 3. The molecular weight excluding hydrogens is 227 g/mol. The van der Waals surface area contributed by atoms with E-state index in [0.29, 0.717) is 6.07 Å². The molecule has 1 aromatic carbocycles. The van der Waals surface area contributed by atoms with Crippen LogP contribution in [0.2, 0.25) is 0 Å². The van der Waals surface area contributed by atoms with Gasteiger partial charge >= 0.3 is 5.97 Å². The molecule has 0 amide bonds. The molecule has 1 atom stereocenters. The van der Waals surface area contributed by atoms with Crippen LogP contribution in [0.25, 0.3) is 0 Å². The number of carbonyl (C=O) groups is 1. The standard InChI is InChI=1S/C9H8F3NO3/c10-4-1-3(5(14)2-13)7(11)8(12)6(4)9(15)16/h1,5,14H,2,13H2,(H,15,16). The van der Waals surface area contributed by atoms with E-state index in [1.54, 1.807) is 0 Å². The summed E-state index contributed by atoms with van der Waals surface area (Å²) in [7, 11) is 0. The third-order valence-corrected chi connectivity index (χ3v) is 1.98. The molecule has 0 fully saturated rings. The van der Waals surface area contributed by atoms with Crippen molar-refractivity contribution in [3.05, 3.63) is 34.6 Å². The van der Waals surface area contributed by atoms with Crippen LogP contribution in [-0.2, 0) is 0 Å². The molecule has 0 saturated carbocycles. The second-order valence-electron chi connectivity index (χ2n) is 3.01. The number of carboxylic acid groups (broad SMARTS) is 1. The van der Waals surface area contributed by atoms with Crippen LogP contribution in [0.1, 0.15) is 22.0 Å². The lowest BCUT2D eigenvalue weighted by Crippen LogP contribution is -2.16. The van der Waals surface area contributed by atoms with Crippen LogP contribution < -0.4 is 5.73 Å². The maximum absolute atomic E-state index is 13.2. The summed E-state index contributed by atoms with van der Waals surface area (Å²) in [6.45, 7) is -0.442. The number of aliphatic hydroxyl groups is 1. The fraction of sp³-hybridized carbons (Fsp3) is 0.222. The first-order valence-corrected chi connectivity index (χ1v) is 4.19. The van der Waals surface area contributed by atoms with Crippen LogP contribution in [0.3, 0.4) is 0 Å². The van der Waals surface area contributed by atoms with Gasteiger partial charge in [-0.05, 0) is 6.07 Å². The number of aliphatic hydroxyl groups excluding tert-OH is 1. The molecule has 1 rings (SSSR count). The molecule has 0 aliphatic rings. The lowest BCUT2D eigenvalue weighted by atomic mass is 10.0. The molecule has 4 nitrogen and oxygen atoms in total. The van der Waals surface area contributed by atoms with Gasteiger partial charge in [0.25, 0.3) is 0 Å². The fourth-order valence-corrected chi connectivity index (χ4v) is 1.18. The highest BCUT2D eigenvalue weighted by atomic mass is 19.2. The molecule has 0 saturated heterocycles. The zero-order valence-corrected chi connectivity index (χ0v) is 7.88.